The van der Waals surface area contributed by atoms with E-state index in [4.69, 9.17) is 4.74 Å². The highest BCUT2D eigenvalue weighted by Crippen LogP contribution is 2.41. The van der Waals surface area contributed by atoms with Gasteiger partial charge in [0.05, 0.1) is 16.7 Å². The molecule has 1 saturated heterocycles. The van der Waals surface area contributed by atoms with Gasteiger partial charge in [-0.05, 0) is 57.0 Å². The molecule has 0 spiro atoms. The highest BCUT2D eigenvalue weighted by molar-refractivity contribution is 7.99. The SMILES string of the molecule is Cc1cc(C(=O)CSc2nnc(-c3cccs3)n2C2CC2)c(C)n1CC1CCCO1. The first-order valence-electron chi connectivity index (χ1n) is 10.5. The van der Waals surface area contributed by atoms with Gasteiger partial charge in [-0.1, -0.05) is 17.8 Å². The van der Waals surface area contributed by atoms with E-state index < -0.39 is 0 Å². The Bertz CT molecular complexity index is 1040. The minimum atomic E-state index is 0.148. The monoisotopic (exact) mass is 442 g/mol. The van der Waals surface area contributed by atoms with Gasteiger partial charge in [-0.25, -0.2) is 0 Å². The predicted octanol–water partition coefficient (Wildman–Crippen LogP) is 4.91. The van der Waals surface area contributed by atoms with Crippen LogP contribution in [0.15, 0.2) is 28.7 Å². The molecule has 0 bridgehead atoms. The van der Waals surface area contributed by atoms with Crippen molar-refractivity contribution in [3.05, 3.63) is 40.5 Å². The maximum Gasteiger partial charge on any atom is 0.192 e. The van der Waals surface area contributed by atoms with Crippen LogP contribution in [0.4, 0.5) is 0 Å². The molecule has 3 aromatic heterocycles. The maximum atomic E-state index is 13.1. The lowest BCUT2D eigenvalue weighted by Gasteiger charge is -2.14. The number of carbonyl (C=O) groups is 1. The molecule has 1 unspecified atom stereocenters. The number of thioether (sulfide) groups is 1. The Kier molecular flexibility index (Phi) is 5.56. The minimum absolute atomic E-state index is 0.148. The number of carbonyl (C=O) groups excluding carboxylic acids is 1. The number of thiophene rings is 1. The molecule has 0 radical (unpaired) electrons. The van der Waals surface area contributed by atoms with Crippen LogP contribution in [0.5, 0.6) is 0 Å². The fourth-order valence-corrected chi connectivity index (χ4v) is 5.77. The molecule has 6 nitrogen and oxygen atoms in total. The summed E-state index contributed by atoms with van der Waals surface area (Å²) >= 11 is 3.18. The average molecular weight is 443 g/mol. The van der Waals surface area contributed by atoms with Crippen molar-refractivity contribution < 1.29 is 9.53 Å². The van der Waals surface area contributed by atoms with E-state index in [0.29, 0.717) is 11.8 Å². The first-order chi connectivity index (χ1) is 14.6. The zero-order valence-corrected chi connectivity index (χ0v) is 19.0. The molecule has 4 heterocycles. The predicted molar refractivity (Wildman–Crippen MR) is 120 cm³/mol. The van der Waals surface area contributed by atoms with Gasteiger partial charge in [-0.2, -0.15) is 0 Å². The zero-order chi connectivity index (χ0) is 20.7. The molecule has 0 amide bonds. The largest absolute Gasteiger partial charge is 0.376 e. The molecule has 2 aliphatic rings. The van der Waals surface area contributed by atoms with E-state index in [1.165, 1.54) is 11.8 Å². The number of aromatic nitrogens is 4. The number of hydrogen-bond acceptors (Lipinski definition) is 6. The van der Waals surface area contributed by atoms with Crippen LogP contribution in [0.2, 0.25) is 0 Å². The molecule has 1 aliphatic heterocycles. The molecular formula is C22H26N4O2S2. The molecule has 8 heteroatoms. The van der Waals surface area contributed by atoms with Crippen molar-refractivity contribution in [2.45, 2.75) is 63.4 Å². The lowest BCUT2D eigenvalue weighted by Crippen LogP contribution is -2.17. The van der Waals surface area contributed by atoms with E-state index in [1.807, 2.05) is 19.1 Å². The molecule has 3 aromatic rings. The summed E-state index contributed by atoms with van der Waals surface area (Å²) in [5.74, 6) is 1.45. The van der Waals surface area contributed by atoms with Crippen LogP contribution in [-0.4, -0.2) is 43.6 Å². The van der Waals surface area contributed by atoms with Gasteiger partial charge in [0.15, 0.2) is 16.8 Å². The van der Waals surface area contributed by atoms with Crippen LogP contribution in [0, 0.1) is 13.8 Å². The second kappa shape index (κ2) is 8.32. The second-order valence-corrected chi connectivity index (χ2v) is 10.0. The van der Waals surface area contributed by atoms with Gasteiger partial charge in [0.2, 0.25) is 0 Å². The molecule has 1 saturated carbocycles. The molecule has 2 fully saturated rings. The molecule has 30 heavy (non-hydrogen) atoms. The molecular weight excluding hydrogens is 416 g/mol. The standard InChI is InChI=1S/C22H26N4O2S2/c1-14-11-18(15(2)25(14)12-17-5-3-9-28-17)19(27)13-30-22-24-23-21(20-6-4-10-29-20)26(22)16-7-8-16/h4,6,10-11,16-17H,3,5,7-9,12-13H2,1-2H3. The lowest BCUT2D eigenvalue weighted by atomic mass is 10.2. The Morgan fingerprint density at radius 1 is 1.30 bits per heavy atom. The third-order valence-electron chi connectivity index (χ3n) is 5.93. The zero-order valence-electron chi connectivity index (χ0n) is 17.3. The van der Waals surface area contributed by atoms with Gasteiger partial charge in [0, 0.05) is 36.1 Å². The minimum Gasteiger partial charge on any atom is -0.376 e. The van der Waals surface area contributed by atoms with Gasteiger partial charge >= 0.3 is 0 Å². The summed E-state index contributed by atoms with van der Waals surface area (Å²) in [6, 6.07) is 6.60. The molecule has 1 aliphatic carbocycles. The van der Waals surface area contributed by atoms with Gasteiger partial charge in [-0.15, -0.1) is 21.5 Å². The van der Waals surface area contributed by atoms with Crippen LogP contribution in [-0.2, 0) is 11.3 Å². The summed E-state index contributed by atoms with van der Waals surface area (Å²) in [6.45, 7) is 5.80. The highest BCUT2D eigenvalue weighted by Gasteiger charge is 2.31. The summed E-state index contributed by atoms with van der Waals surface area (Å²) in [5.41, 5.74) is 2.97. The number of ether oxygens (including phenoxy) is 1. The number of hydrogen-bond donors (Lipinski definition) is 0. The maximum absolute atomic E-state index is 13.1. The summed E-state index contributed by atoms with van der Waals surface area (Å²) < 4.78 is 10.2. The van der Waals surface area contributed by atoms with Crippen molar-refractivity contribution in [1.82, 2.24) is 19.3 Å². The summed E-state index contributed by atoms with van der Waals surface area (Å²) in [7, 11) is 0. The number of ketones is 1. The van der Waals surface area contributed by atoms with E-state index in [2.05, 4.69) is 37.7 Å². The van der Waals surface area contributed by atoms with Crippen LogP contribution in [0.25, 0.3) is 10.7 Å². The van der Waals surface area contributed by atoms with Gasteiger partial charge < -0.3 is 9.30 Å². The van der Waals surface area contributed by atoms with Gasteiger partial charge in [0.1, 0.15) is 0 Å². The van der Waals surface area contributed by atoms with E-state index in [9.17, 15) is 4.79 Å². The first kappa shape index (κ1) is 20.0. The molecule has 5 rings (SSSR count). The summed E-state index contributed by atoms with van der Waals surface area (Å²) in [5, 5.41) is 11.8. The van der Waals surface area contributed by atoms with Crippen LogP contribution >= 0.6 is 23.1 Å². The topological polar surface area (TPSA) is 61.9 Å². The Morgan fingerprint density at radius 2 is 2.17 bits per heavy atom. The summed E-state index contributed by atoms with van der Waals surface area (Å²) in [6.07, 6.45) is 4.80. The molecule has 0 aromatic carbocycles. The molecule has 158 valence electrons. The van der Waals surface area contributed by atoms with Crippen LogP contribution in [0.1, 0.15) is 53.5 Å². The first-order valence-corrected chi connectivity index (χ1v) is 12.4. The van der Waals surface area contributed by atoms with Crippen LogP contribution < -0.4 is 0 Å². The van der Waals surface area contributed by atoms with E-state index in [0.717, 1.165) is 71.6 Å². The third-order valence-corrected chi connectivity index (χ3v) is 7.74. The van der Waals surface area contributed by atoms with Crippen molar-refractivity contribution in [2.24, 2.45) is 0 Å². The third kappa shape index (κ3) is 3.88. The van der Waals surface area contributed by atoms with Gasteiger partial charge in [-0.3, -0.25) is 9.36 Å². The second-order valence-electron chi connectivity index (χ2n) is 8.13. The quantitative estimate of drug-likeness (QED) is 0.366. The van der Waals surface area contributed by atoms with Crippen molar-refractivity contribution in [3.8, 4) is 10.7 Å². The van der Waals surface area contributed by atoms with E-state index in [-0.39, 0.29) is 11.9 Å². The molecule has 0 N–H and O–H groups in total. The fraction of sp³-hybridized carbons (Fsp3) is 0.500. The molecule has 1 atom stereocenters. The number of aryl methyl sites for hydroxylation is 1. The Morgan fingerprint density at radius 3 is 2.87 bits per heavy atom. The normalized spacial score (nSPS) is 18.9. The Labute approximate surface area is 184 Å². The summed E-state index contributed by atoms with van der Waals surface area (Å²) in [4.78, 5) is 14.2. The van der Waals surface area contributed by atoms with Crippen LogP contribution in [0.3, 0.4) is 0 Å². The number of Topliss-reactive ketones (excluding diaryl/α,β-unsaturated/α-hetero) is 1. The highest BCUT2D eigenvalue weighted by atomic mass is 32.2. The van der Waals surface area contributed by atoms with Gasteiger partial charge in [0.25, 0.3) is 0 Å². The van der Waals surface area contributed by atoms with Crippen molar-refractivity contribution >= 4 is 28.9 Å². The van der Waals surface area contributed by atoms with Crippen molar-refractivity contribution in [3.63, 3.8) is 0 Å². The lowest BCUT2D eigenvalue weighted by molar-refractivity contribution is 0.0957. The van der Waals surface area contributed by atoms with Crippen molar-refractivity contribution in [2.75, 3.05) is 12.4 Å². The fourth-order valence-electron chi connectivity index (χ4n) is 4.18. The smallest absolute Gasteiger partial charge is 0.192 e. The van der Waals surface area contributed by atoms with Crippen molar-refractivity contribution in [1.29, 1.82) is 0 Å². The number of nitrogens with zero attached hydrogens (tertiary/aromatic N) is 4. The van der Waals surface area contributed by atoms with E-state index >= 15 is 0 Å². The van der Waals surface area contributed by atoms with E-state index in [1.54, 1.807) is 11.3 Å². The average Bonchev–Trinajstić information content (AvgIpc) is 3.18. The number of rotatable bonds is 8. The Hall–Kier alpha value is -1.90. The Balaban J connectivity index is 1.31.